The van der Waals surface area contributed by atoms with Gasteiger partial charge in [0.15, 0.2) is 0 Å². The zero-order valence-corrected chi connectivity index (χ0v) is 23.1. The first-order valence-corrected chi connectivity index (χ1v) is 14.3. The number of aryl methyl sites for hydroxylation is 1. The van der Waals surface area contributed by atoms with Gasteiger partial charge < -0.3 is 14.0 Å². The van der Waals surface area contributed by atoms with Crippen LogP contribution in [-0.4, -0.2) is 55.5 Å². The maximum Gasteiger partial charge on any atom is 0.101 e. The number of epoxide rings is 2. The molecule has 2 saturated heterocycles. The largest absolute Gasteiger partial charge is 0.371 e. The molecular formula is C34H33N5O2. The van der Waals surface area contributed by atoms with Crippen LogP contribution >= 0.6 is 0 Å². The Morgan fingerprint density at radius 1 is 0.683 bits per heavy atom. The summed E-state index contributed by atoms with van der Waals surface area (Å²) in [6.07, 6.45) is 4.39. The minimum Gasteiger partial charge on any atom is -0.371 e. The maximum atomic E-state index is 5.49. The highest BCUT2D eigenvalue weighted by atomic mass is 16.6. The number of hydrogen-bond donors (Lipinski definition) is 0. The van der Waals surface area contributed by atoms with E-state index in [0.29, 0.717) is 0 Å². The standard InChI is InChI=1S/C34H33N5O2/c1-2-37-33-15-13-25(19-35-38(21-29-23-40-29)27-9-5-3-6-10-27)17-31(33)32-18-26(14-16-34(32)37)20-36-39(22-30-24-41-30)28-11-7-4-8-12-28/h3-20,29-30H,2,21-24H2,1H3. The number of ether oxygens (including phenoxy) is 2. The monoisotopic (exact) mass is 543 g/mol. The fourth-order valence-electron chi connectivity index (χ4n) is 5.28. The minimum absolute atomic E-state index is 0.243. The van der Waals surface area contributed by atoms with E-state index in [2.05, 4.69) is 72.2 Å². The topological polar surface area (TPSA) is 61.2 Å². The summed E-state index contributed by atoms with van der Waals surface area (Å²) in [6, 6.07) is 33.7. The van der Waals surface area contributed by atoms with Crippen molar-refractivity contribution in [2.24, 2.45) is 10.2 Å². The molecule has 7 rings (SSSR count). The van der Waals surface area contributed by atoms with E-state index >= 15 is 0 Å². The van der Waals surface area contributed by atoms with Crippen LogP contribution in [0.5, 0.6) is 0 Å². The van der Waals surface area contributed by atoms with Gasteiger partial charge in [0.25, 0.3) is 0 Å². The van der Waals surface area contributed by atoms with Gasteiger partial charge in [-0.1, -0.05) is 48.5 Å². The molecule has 7 heteroatoms. The number of anilines is 2. The molecule has 2 unspecified atom stereocenters. The summed E-state index contributed by atoms with van der Waals surface area (Å²) < 4.78 is 13.3. The van der Waals surface area contributed by atoms with Crippen LogP contribution in [0.2, 0.25) is 0 Å². The number of rotatable bonds is 11. The van der Waals surface area contributed by atoms with Gasteiger partial charge in [-0.25, -0.2) is 0 Å². The molecule has 3 heterocycles. The van der Waals surface area contributed by atoms with Gasteiger partial charge in [0, 0.05) is 28.4 Å². The van der Waals surface area contributed by atoms with E-state index in [1.54, 1.807) is 0 Å². The van der Waals surface area contributed by atoms with Gasteiger partial charge in [-0.15, -0.1) is 0 Å². The van der Waals surface area contributed by atoms with Crippen molar-refractivity contribution < 1.29 is 9.47 Å². The average molecular weight is 544 g/mol. The van der Waals surface area contributed by atoms with Crippen LogP contribution < -0.4 is 10.0 Å². The van der Waals surface area contributed by atoms with Crippen molar-refractivity contribution in [2.75, 3.05) is 36.3 Å². The van der Waals surface area contributed by atoms with Gasteiger partial charge in [-0.05, 0) is 66.6 Å². The SMILES string of the molecule is CCn1c2ccc(C=NN(CC3CO3)c3ccccc3)cc2c2cc(C=NN(CC3CO3)c3ccccc3)ccc21. The maximum absolute atomic E-state index is 5.49. The van der Waals surface area contributed by atoms with Gasteiger partial charge in [0.05, 0.1) is 50.1 Å². The first-order valence-electron chi connectivity index (χ1n) is 14.3. The van der Waals surface area contributed by atoms with E-state index in [-0.39, 0.29) is 12.2 Å². The Hall–Kier alpha value is -4.46. The van der Waals surface area contributed by atoms with Crippen LogP contribution in [-0.2, 0) is 16.0 Å². The number of nitrogens with zero attached hydrogens (tertiary/aromatic N) is 5. The second kappa shape index (κ2) is 11.2. The molecule has 0 N–H and O–H groups in total. The molecule has 0 amide bonds. The van der Waals surface area contributed by atoms with Crippen LogP contribution in [0, 0.1) is 0 Å². The molecule has 2 aliphatic heterocycles. The fourth-order valence-corrected chi connectivity index (χ4v) is 5.28. The molecule has 0 radical (unpaired) electrons. The number of para-hydroxylation sites is 2. The summed E-state index contributed by atoms with van der Waals surface area (Å²) in [7, 11) is 0. The molecule has 2 atom stereocenters. The fraction of sp³-hybridized carbons (Fsp3) is 0.235. The van der Waals surface area contributed by atoms with Crippen LogP contribution in [0.25, 0.3) is 21.8 Å². The zero-order chi connectivity index (χ0) is 27.6. The first kappa shape index (κ1) is 25.5. The van der Waals surface area contributed by atoms with E-state index in [1.165, 1.54) is 21.8 Å². The number of hydrogen-bond acceptors (Lipinski definition) is 6. The Labute approximate surface area is 239 Å². The molecule has 5 aromatic rings. The molecule has 1 aromatic heterocycles. The van der Waals surface area contributed by atoms with E-state index in [1.807, 2.05) is 58.8 Å². The molecule has 41 heavy (non-hydrogen) atoms. The van der Waals surface area contributed by atoms with Crippen molar-refractivity contribution in [1.82, 2.24) is 4.57 Å². The van der Waals surface area contributed by atoms with Gasteiger partial charge in [-0.2, -0.15) is 10.2 Å². The van der Waals surface area contributed by atoms with Crippen LogP contribution in [0.3, 0.4) is 0 Å². The molecule has 0 aliphatic carbocycles. The lowest BCUT2D eigenvalue weighted by Gasteiger charge is -2.17. The van der Waals surface area contributed by atoms with Crippen molar-refractivity contribution in [3.63, 3.8) is 0 Å². The molecule has 206 valence electrons. The van der Waals surface area contributed by atoms with Crippen LogP contribution in [0.1, 0.15) is 18.1 Å². The Morgan fingerprint density at radius 3 is 1.51 bits per heavy atom. The van der Waals surface area contributed by atoms with E-state index in [4.69, 9.17) is 19.7 Å². The van der Waals surface area contributed by atoms with Crippen molar-refractivity contribution in [1.29, 1.82) is 0 Å². The lowest BCUT2D eigenvalue weighted by Crippen LogP contribution is -2.22. The van der Waals surface area contributed by atoms with Gasteiger partial charge in [-0.3, -0.25) is 10.0 Å². The highest BCUT2D eigenvalue weighted by Crippen LogP contribution is 2.31. The Bertz CT molecular complexity index is 1580. The number of fused-ring (bicyclic) bond motifs is 3. The molecule has 0 saturated carbocycles. The van der Waals surface area contributed by atoms with E-state index in [0.717, 1.165) is 55.3 Å². The summed E-state index contributed by atoms with van der Waals surface area (Å²) in [5, 5.41) is 16.2. The quantitative estimate of drug-likeness (QED) is 0.112. The van der Waals surface area contributed by atoms with Crippen LogP contribution in [0.4, 0.5) is 11.4 Å². The lowest BCUT2D eigenvalue weighted by atomic mass is 10.1. The highest BCUT2D eigenvalue weighted by molar-refractivity contribution is 6.11. The second-order valence-corrected chi connectivity index (χ2v) is 10.5. The first-order chi connectivity index (χ1) is 20.2. The molecule has 2 aliphatic rings. The Balaban J connectivity index is 1.21. The summed E-state index contributed by atoms with van der Waals surface area (Å²) in [5.74, 6) is 0. The smallest absolute Gasteiger partial charge is 0.101 e. The van der Waals surface area contributed by atoms with Crippen molar-refractivity contribution in [3.05, 3.63) is 108 Å². The highest BCUT2D eigenvalue weighted by Gasteiger charge is 2.26. The molecule has 0 bridgehead atoms. The normalized spacial score (nSPS) is 18.1. The zero-order valence-electron chi connectivity index (χ0n) is 23.1. The number of hydrazone groups is 2. The predicted octanol–water partition coefficient (Wildman–Crippen LogP) is 6.29. The molecule has 7 nitrogen and oxygen atoms in total. The van der Waals surface area contributed by atoms with Gasteiger partial charge in [0.2, 0.25) is 0 Å². The second-order valence-electron chi connectivity index (χ2n) is 10.5. The molecule has 2 fully saturated rings. The van der Waals surface area contributed by atoms with Gasteiger partial charge >= 0.3 is 0 Å². The van der Waals surface area contributed by atoms with E-state index < -0.39 is 0 Å². The average Bonchev–Trinajstić information content (AvgIpc) is 3.97. The number of benzene rings is 4. The van der Waals surface area contributed by atoms with Crippen molar-refractivity contribution in [2.45, 2.75) is 25.7 Å². The summed E-state index contributed by atoms with van der Waals surface area (Å²) in [4.78, 5) is 0. The third-order valence-electron chi connectivity index (χ3n) is 7.59. The van der Waals surface area contributed by atoms with Crippen molar-refractivity contribution >= 4 is 45.6 Å². The number of aromatic nitrogens is 1. The van der Waals surface area contributed by atoms with Crippen LogP contribution in [0.15, 0.2) is 107 Å². The molecule has 0 spiro atoms. The lowest BCUT2D eigenvalue weighted by molar-refractivity contribution is 0.408. The Kier molecular flexibility index (Phi) is 6.96. The molecule has 4 aromatic carbocycles. The summed E-state index contributed by atoms with van der Waals surface area (Å²) in [6.45, 7) is 6.17. The third-order valence-corrected chi connectivity index (χ3v) is 7.59. The predicted molar refractivity (Wildman–Crippen MR) is 167 cm³/mol. The van der Waals surface area contributed by atoms with Gasteiger partial charge in [0.1, 0.15) is 12.2 Å². The van der Waals surface area contributed by atoms with E-state index in [9.17, 15) is 0 Å². The molecular weight excluding hydrogens is 510 g/mol. The third kappa shape index (κ3) is 5.73. The summed E-state index contributed by atoms with van der Waals surface area (Å²) in [5.41, 5.74) is 6.68. The van der Waals surface area contributed by atoms with Crippen molar-refractivity contribution in [3.8, 4) is 0 Å². The summed E-state index contributed by atoms with van der Waals surface area (Å²) >= 11 is 0. The Morgan fingerprint density at radius 2 is 1.12 bits per heavy atom. The minimum atomic E-state index is 0.243.